The fraction of sp³-hybridized carbons (Fsp3) is 0.316. The van der Waals surface area contributed by atoms with Gasteiger partial charge < -0.3 is 14.9 Å². The van der Waals surface area contributed by atoms with Crippen molar-refractivity contribution in [3.8, 4) is 5.75 Å². The summed E-state index contributed by atoms with van der Waals surface area (Å²) in [6, 6.07) is 14.7. The highest BCUT2D eigenvalue weighted by Gasteiger charge is 2.21. The van der Waals surface area contributed by atoms with Gasteiger partial charge in [-0.05, 0) is 28.2 Å². The Bertz CT molecular complexity index is 686. The van der Waals surface area contributed by atoms with E-state index >= 15 is 0 Å². The minimum atomic E-state index is -1.55. The van der Waals surface area contributed by atoms with E-state index in [2.05, 4.69) is 20.8 Å². The van der Waals surface area contributed by atoms with Gasteiger partial charge >= 0.3 is 5.97 Å². The number of rotatable bonds is 5. The van der Waals surface area contributed by atoms with Gasteiger partial charge in [-0.1, -0.05) is 63.2 Å². The summed E-state index contributed by atoms with van der Waals surface area (Å²) >= 11 is 0. The first-order valence-corrected chi connectivity index (χ1v) is 7.51. The molecule has 4 heteroatoms. The Balaban J connectivity index is 2.25. The molecule has 0 amide bonds. The Labute approximate surface area is 136 Å². The highest BCUT2D eigenvalue weighted by atomic mass is 16.5. The number of hydrogen-bond acceptors (Lipinski definition) is 3. The van der Waals surface area contributed by atoms with Gasteiger partial charge in [-0.25, -0.2) is 4.79 Å². The van der Waals surface area contributed by atoms with E-state index in [4.69, 9.17) is 9.84 Å². The number of hydrogen-bond donors (Lipinski definition) is 2. The Morgan fingerprint density at radius 1 is 1.09 bits per heavy atom. The molecule has 0 radical (unpaired) electrons. The molecule has 0 heterocycles. The van der Waals surface area contributed by atoms with Crippen molar-refractivity contribution in [3.63, 3.8) is 0 Å². The summed E-state index contributed by atoms with van der Waals surface area (Å²) in [4.78, 5) is 11.0. The van der Waals surface area contributed by atoms with Crippen LogP contribution in [0.5, 0.6) is 5.75 Å². The summed E-state index contributed by atoms with van der Waals surface area (Å²) in [5, 5.41) is 18.8. The third-order valence-electron chi connectivity index (χ3n) is 3.66. The standard InChI is InChI=1S/C19H22O4/c1-19(2,3)15-10-6-7-11-16(15)23-12-13-8-4-5-9-14(13)17(20)18(21)22/h4-11,17,20H,12H2,1-3H3,(H,21,22). The topological polar surface area (TPSA) is 66.8 Å². The third-order valence-corrected chi connectivity index (χ3v) is 3.66. The number of benzene rings is 2. The average molecular weight is 314 g/mol. The third kappa shape index (κ3) is 4.11. The molecule has 1 atom stereocenters. The molecule has 0 aliphatic rings. The number of carboxylic acid groups (broad SMARTS) is 1. The van der Waals surface area contributed by atoms with E-state index in [-0.39, 0.29) is 12.0 Å². The van der Waals surface area contributed by atoms with Crippen LogP contribution in [0.3, 0.4) is 0 Å². The minimum Gasteiger partial charge on any atom is -0.489 e. The van der Waals surface area contributed by atoms with Crippen molar-refractivity contribution in [1.82, 2.24) is 0 Å². The number of aliphatic hydroxyl groups excluding tert-OH is 1. The second kappa shape index (κ2) is 6.84. The molecule has 4 nitrogen and oxygen atoms in total. The lowest BCUT2D eigenvalue weighted by Gasteiger charge is -2.23. The fourth-order valence-electron chi connectivity index (χ4n) is 2.43. The van der Waals surface area contributed by atoms with Crippen molar-refractivity contribution in [2.75, 3.05) is 0 Å². The molecule has 0 aromatic heterocycles. The zero-order valence-corrected chi connectivity index (χ0v) is 13.6. The summed E-state index contributed by atoms with van der Waals surface area (Å²) in [5.74, 6) is -0.507. The van der Waals surface area contributed by atoms with Crippen molar-refractivity contribution >= 4 is 5.97 Å². The van der Waals surface area contributed by atoms with Crippen LogP contribution < -0.4 is 4.74 Å². The van der Waals surface area contributed by atoms with Crippen LogP contribution >= 0.6 is 0 Å². The fourth-order valence-corrected chi connectivity index (χ4v) is 2.43. The molecular formula is C19H22O4. The Hall–Kier alpha value is -2.33. The van der Waals surface area contributed by atoms with Gasteiger partial charge in [-0.2, -0.15) is 0 Å². The largest absolute Gasteiger partial charge is 0.489 e. The van der Waals surface area contributed by atoms with E-state index in [1.807, 2.05) is 24.3 Å². The second-order valence-corrected chi connectivity index (χ2v) is 6.47. The molecule has 0 bridgehead atoms. The number of aliphatic carboxylic acids is 1. The Morgan fingerprint density at radius 2 is 1.70 bits per heavy atom. The van der Waals surface area contributed by atoms with E-state index in [9.17, 15) is 9.90 Å². The molecular weight excluding hydrogens is 292 g/mol. The molecule has 0 spiro atoms. The number of para-hydroxylation sites is 1. The zero-order chi connectivity index (χ0) is 17.0. The SMILES string of the molecule is CC(C)(C)c1ccccc1OCc1ccccc1C(O)C(=O)O. The van der Waals surface area contributed by atoms with Crippen LogP contribution in [0, 0.1) is 0 Å². The van der Waals surface area contributed by atoms with Gasteiger partial charge in [0.15, 0.2) is 6.10 Å². The van der Waals surface area contributed by atoms with Crippen LogP contribution in [0.4, 0.5) is 0 Å². The maximum Gasteiger partial charge on any atom is 0.337 e. The van der Waals surface area contributed by atoms with Gasteiger partial charge in [0.05, 0.1) is 0 Å². The number of aliphatic hydroxyl groups is 1. The maximum absolute atomic E-state index is 11.0. The van der Waals surface area contributed by atoms with E-state index in [0.29, 0.717) is 11.1 Å². The highest BCUT2D eigenvalue weighted by molar-refractivity contribution is 5.74. The van der Waals surface area contributed by atoms with Gasteiger partial charge in [0.25, 0.3) is 0 Å². The number of carbonyl (C=O) groups is 1. The van der Waals surface area contributed by atoms with Crippen molar-refractivity contribution in [2.45, 2.75) is 38.9 Å². The minimum absolute atomic E-state index is 0.0588. The molecule has 0 fully saturated rings. The first-order chi connectivity index (χ1) is 10.8. The lowest BCUT2D eigenvalue weighted by Crippen LogP contribution is -2.15. The summed E-state index contributed by atoms with van der Waals surface area (Å²) < 4.78 is 5.92. The van der Waals surface area contributed by atoms with Gasteiger partial charge in [-0.3, -0.25) is 0 Å². The Morgan fingerprint density at radius 3 is 2.35 bits per heavy atom. The first-order valence-electron chi connectivity index (χ1n) is 7.51. The quantitative estimate of drug-likeness (QED) is 0.883. The van der Waals surface area contributed by atoms with E-state index in [1.54, 1.807) is 24.3 Å². The van der Waals surface area contributed by atoms with Crippen LogP contribution in [-0.2, 0) is 16.8 Å². The molecule has 2 rings (SSSR count). The van der Waals surface area contributed by atoms with E-state index in [1.165, 1.54) is 0 Å². The molecule has 122 valence electrons. The molecule has 2 aromatic rings. The zero-order valence-electron chi connectivity index (χ0n) is 13.6. The lowest BCUT2D eigenvalue weighted by molar-refractivity contribution is -0.147. The summed E-state index contributed by atoms with van der Waals surface area (Å²) in [7, 11) is 0. The molecule has 23 heavy (non-hydrogen) atoms. The Kier molecular flexibility index (Phi) is 5.06. The average Bonchev–Trinajstić information content (AvgIpc) is 2.51. The predicted octanol–water partition coefficient (Wildman–Crippen LogP) is 3.68. The monoisotopic (exact) mass is 314 g/mol. The van der Waals surface area contributed by atoms with Gasteiger partial charge in [0, 0.05) is 0 Å². The van der Waals surface area contributed by atoms with Crippen molar-refractivity contribution in [2.24, 2.45) is 0 Å². The van der Waals surface area contributed by atoms with Gasteiger partial charge in [0.2, 0.25) is 0 Å². The number of ether oxygens (including phenoxy) is 1. The van der Waals surface area contributed by atoms with E-state index < -0.39 is 12.1 Å². The van der Waals surface area contributed by atoms with Crippen LogP contribution in [-0.4, -0.2) is 16.2 Å². The van der Waals surface area contributed by atoms with Crippen LogP contribution in [0.25, 0.3) is 0 Å². The second-order valence-electron chi connectivity index (χ2n) is 6.47. The summed E-state index contributed by atoms with van der Waals surface area (Å²) in [5.41, 5.74) is 2.03. The molecule has 0 aliphatic heterocycles. The molecule has 0 aliphatic carbocycles. The normalized spacial score (nSPS) is 12.7. The predicted molar refractivity (Wildman–Crippen MR) is 88.5 cm³/mol. The van der Waals surface area contributed by atoms with Gasteiger partial charge in [-0.15, -0.1) is 0 Å². The number of carboxylic acids is 1. The summed E-state index contributed by atoms with van der Waals surface area (Å²) in [6.07, 6.45) is -1.55. The first kappa shape index (κ1) is 17.0. The smallest absolute Gasteiger partial charge is 0.337 e. The lowest BCUT2D eigenvalue weighted by atomic mass is 9.86. The summed E-state index contributed by atoms with van der Waals surface area (Å²) in [6.45, 7) is 6.53. The van der Waals surface area contributed by atoms with Crippen LogP contribution in [0.2, 0.25) is 0 Å². The van der Waals surface area contributed by atoms with Crippen LogP contribution in [0.1, 0.15) is 43.6 Å². The van der Waals surface area contributed by atoms with E-state index in [0.717, 1.165) is 11.3 Å². The van der Waals surface area contributed by atoms with Crippen LogP contribution in [0.15, 0.2) is 48.5 Å². The molecule has 0 saturated carbocycles. The maximum atomic E-state index is 11.0. The van der Waals surface area contributed by atoms with Crippen molar-refractivity contribution in [3.05, 3.63) is 65.2 Å². The molecule has 2 aromatic carbocycles. The molecule has 2 N–H and O–H groups in total. The van der Waals surface area contributed by atoms with Crippen molar-refractivity contribution in [1.29, 1.82) is 0 Å². The molecule has 1 unspecified atom stereocenters. The highest BCUT2D eigenvalue weighted by Crippen LogP contribution is 2.31. The van der Waals surface area contributed by atoms with Crippen molar-refractivity contribution < 1.29 is 19.7 Å². The molecule has 0 saturated heterocycles. The van der Waals surface area contributed by atoms with Gasteiger partial charge in [0.1, 0.15) is 12.4 Å².